The molecule has 0 amide bonds. The lowest BCUT2D eigenvalue weighted by Crippen LogP contribution is -2.41. The topological polar surface area (TPSA) is 26.0 Å². The summed E-state index contributed by atoms with van der Waals surface area (Å²) in [5.41, 5.74) is 9.02. The molecular formula is C23H35N. The Bertz CT molecular complexity index is 515. The highest BCUT2D eigenvalue weighted by molar-refractivity contribution is 5.32. The smallest absolute Gasteiger partial charge is 0.0178 e. The van der Waals surface area contributed by atoms with Crippen LogP contribution in [0.3, 0.4) is 0 Å². The summed E-state index contributed by atoms with van der Waals surface area (Å²) in [4.78, 5) is 0. The van der Waals surface area contributed by atoms with Gasteiger partial charge in [-0.3, -0.25) is 0 Å². The van der Waals surface area contributed by atoms with Crippen LogP contribution >= 0.6 is 0 Å². The second-order valence-electron chi connectivity index (χ2n) is 8.07. The molecule has 24 heavy (non-hydrogen) atoms. The Kier molecular flexibility index (Phi) is 6.16. The highest BCUT2D eigenvalue weighted by Gasteiger charge is 2.43. The van der Waals surface area contributed by atoms with Crippen LogP contribution in [-0.2, 0) is 12.0 Å². The van der Waals surface area contributed by atoms with E-state index in [9.17, 15) is 0 Å². The Morgan fingerprint density at radius 3 is 2.21 bits per heavy atom. The zero-order valence-electron chi connectivity index (χ0n) is 15.5. The molecule has 1 aromatic rings. The third-order valence-electron chi connectivity index (χ3n) is 6.71. The minimum absolute atomic E-state index is 0.361. The number of allylic oxidation sites excluding steroid dienone is 2. The SMILES string of the molecule is C/C=C/C(C1CCCCC1)C1(c2ccc(CN)cc2)CCCCC1. The first kappa shape index (κ1) is 17.7. The normalized spacial score (nSPS) is 23.4. The first-order valence-electron chi connectivity index (χ1n) is 10.2. The summed E-state index contributed by atoms with van der Waals surface area (Å²) < 4.78 is 0. The van der Waals surface area contributed by atoms with Crippen LogP contribution in [0.15, 0.2) is 36.4 Å². The van der Waals surface area contributed by atoms with Crippen LogP contribution in [0.2, 0.25) is 0 Å². The highest BCUT2D eigenvalue weighted by atomic mass is 14.5. The minimum Gasteiger partial charge on any atom is -0.326 e. The molecule has 132 valence electrons. The Morgan fingerprint density at radius 1 is 1.00 bits per heavy atom. The van der Waals surface area contributed by atoms with Gasteiger partial charge < -0.3 is 5.73 Å². The van der Waals surface area contributed by atoms with E-state index in [4.69, 9.17) is 5.73 Å². The van der Waals surface area contributed by atoms with Gasteiger partial charge in [-0.25, -0.2) is 0 Å². The van der Waals surface area contributed by atoms with Crippen molar-refractivity contribution in [3.05, 3.63) is 47.5 Å². The van der Waals surface area contributed by atoms with Crippen molar-refractivity contribution < 1.29 is 0 Å². The lowest BCUT2D eigenvalue weighted by molar-refractivity contribution is 0.141. The quantitative estimate of drug-likeness (QED) is 0.648. The van der Waals surface area contributed by atoms with E-state index in [0.717, 1.165) is 5.92 Å². The molecule has 3 rings (SSSR count). The fourth-order valence-corrected chi connectivity index (χ4v) is 5.46. The zero-order valence-corrected chi connectivity index (χ0v) is 15.5. The van der Waals surface area contributed by atoms with Gasteiger partial charge in [0, 0.05) is 12.0 Å². The average Bonchev–Trinajstić information content (AvgIpc) is 2.67. The van der Waals surface area contributed by atoms with Gasteiger partial charge in [-0.2, -0.15) is 0 Å². The van der Waals surface area contributed by atoms with Gasteiger partial charge in [-0.05, 0) is 55.6 Å². The standard InChI is InChI=1S/C23H35N/c1-2-9-22(20-10-5-3-6-11-20)23(16-7-4-8-17-23)21-14-12-19(18-24)13-15-21/h2,9,12-15,20,22H,3-8,10-11,16-18,24H2,1H3/b9-2+. The van der Waals surface area contributed by atoms with Gasteiger partial charge in [0.25, 0.3) is 0 Å². The molecule has 1 aromatic carbocycles. The molecule has 1 unspecified atom stereocenters. The van der Waals surface area contributed by atoms with Crippen molar-refractivity contribution in [2.75, 3.05) is 0 Å². The maximum atomic E-state index is 5.82. The maximum Gasteiger partial charge on any atom is 0.0178 e. The van der Waals surface area contributed by atoms with Crippen molar-refractivity contribution >= 4 is 0 Å². The Hall–Kier alpha value is -1.08. The first-order chi connectivity index (χ1) is 11.8. The number of nitrogens with two attached hydrogens (primary N) is 1. The van der Waals surface area contributed by atoms with E-state index in [-0.39, 0.29) is 0 Å². The predicted octanol–water partition coefficient (Wildman–Crippen LogP) is 6.12. The third-order valence-corrected chi connectivity index (χ3v) is 6.71. The Morgan fingerprint density at radius 2 is 1.62 bits per heavy atom. The summed E-state index contributed by atoms with van der Waals surface area (Å²) in [5, 5.41) is 0. The summed E-state index contributed by atoms with van der Waals surface area (Å²) in [6.07, 6.45) is 19.0. The maximum absolute atomic E-state index is 5.82. The van der Waals surface area contributed by atoms with Gasteiger partial charge in [0.15, 0.2) is 0 Å². The average molecular weight is 326 g/mol. The van der Waals surface area contributed by atoms with Crippen LogP contribution in [0, 0.1) is 11.8 Å². The fraction of sp³-hybridized carbons (Fsp3) is 0.652. The van der Waals surface area contributed by atoms with Crippen molar-refractivity contribution in [3.63, 3.8) is 0 Å². The van der Waals surface area contributed by atoms with E-state index in [1.807, 2.05) is 0 Å². The molecule has 2 N–H and O–H groups in total. The van der Waals surface area contributed by atoms with Gasteiger partial charge in [-0.1, -0.05) is 74.9 Å². The Labute approximate surface area is 148 Å². The van der Waals surface area contributed by atoms with Crippen molar-refractivity contribution in [1.29, 1.82) is 0 Å². The number of rotatable bonds is 5. The molecule has 2 fully saturated rings. The molecular weight excluding hydrogens is 290 g/mol. The summed E-state index contributed by atoms with van der Waals surface area (Å²) in [7, 11) is 0. The number of benzene rings is 1. The van der Waals surface area contributed by atoms with Crippen LogP contribution in [0.1, 0.15) is 82.3 Å². The van der Waals surface area contributed by atoms with E-state index < -0.39 is 0 Å². The summed E-state index contributed by atoms with van der Waals surface area (Å²) in [5.74, 6) is 1.59. The second-order valence-corrected chi connectivity index (χ2v) is 8.07. The van der Waals surface area contributed by atoms with E-state index >= 15 is 0 Å². The molecule has 0 heterocycles. The van der Waals surface area contributed by atoms with Gasteiger partial charge in [-0.15, -0.1) is 0 Å². The molecule has 0 radical (unpaired) electrons. The van der Waals surface area contributed by atoms with Gasteiger partial charge >= 0.3 is 0 Å². The third kappa shape index (κ3) is 3.61. The minimum atomic E-state index is 0.361. The molecule has 2 aliphatic carbocycles. The van der Waals surface area contributed by atoms with E-state index in [1.54, 1.807) is 5.56 Å². The fourth-order valence-electron chi connectivity index (χ4n) is 5.46. The van der Waals surface area contributed by atoms with Crippen LogP contribution < -0.4 is 5.73 Å². The predicted molar refractivity (Wildman–Crippen MR) is 104 cm³/mol. The van der Waals surface area contributed by atoms with Crippen molar-refractivity contribution in [3.8, 4) is 0 Å². The largest absolute Gasteiger partial charge is 0.326 e. The number of hydrogen-bond donors (Lipinski definition) is 1. The lowest BCUT2D eigenvalue weighted by atomic mass is 9.57. The van der Waals surface area contributed by atoms with Gasteiger partial charge in [0.05, 0.1) is 0 Å². The van der Waals surface area contributed by atoms with E-state index in [1.165, 1.54) is 69.8 Å². The van der Waals surface area contributed by atoms with Gasteiger partial charge in [0.2, 0.25) is 0 Å². The van der Waals surface area contributed by atoms with Crippen molar-refractivity contribution in [1.82, 2.24) is 0 Å². The van der Waals surface area contributed by atoms with Gasteiger partial charge in [0.1, 0.15) is 0 Å². The Balaban J connectivity index is 1.97. The molecule has 0 aromatic heterocycles. The monoisotopic (exact) mass is 325 g/mol. The molecule has 1 heteroatoms. The highest BCUT2D eigenvalue weighted by Crippen LogP contribution is 2.51. The molecule has 0 aliphatic heterocycles. The first-order valence-corrected chi connectivity index (χ1v) is 10.2. The van der Waals surface area contributed by atoms with Crippen LogP contribution in [0.4, 0.5) is 0 Å². The van der Waals surface area contributed by atoms with Crippen molar-refractivity contribution in [2.45, 2.75) is 83.1 Å². The molecule has 2 saturated carbocycles. The number of hydrogen-bond acceptors (Lipinski definition) is 1. The molecule has 0 bridgehead atoms. The lowest BCUT2D eigenvalue weighted by Gasteiger charge is -2.47. The zero-order chi connectivity index (χ0) is 16.8. The summed E-state index contributed by atoms with van der Waals surface area (Å²) in [6.45, 7) is 2.86. The van der Waals surface area contributed by atoms with Crippen LogP contribution in [0.25, 0.3) is 0 Å². The molecule has 1 nitrogen and oxygen atoms in total. The van der Waals surface area contributed by atoms with E-state index in [2.05, 4.69) is 43.3 Å². The molecule has 0 saturated heterocycles. The van der Waals surface area contributed by atoms with Crippen LogP contribution in [-0.4, -0.2) is 0 Å². The second kappa shape index (κ2) is 8.34. The van der Waals surface area contributed by atoms with Crippen LogP contribution in [0.5, 0.6) is 0 Å². The summed E-state index contributed by atoms with van der Waals surface area (Å²) >= 11 is 0. The molecule has 1 atom stereocenters. The summed E-state index contributed by atoms with van der Waals surface area (Å²) in [6, 6.07) is 9.32. The van der Waals surface area contributed by atoms with E-state index in [0.29, 0.717) is 17.9 Å². The molecule has 2 aliphatic rings. The van der Waals surface area contributed by atoms with Crippen molar-refractivity contribution in [2.24, 2.45) is 17.6 Å². The molecule has 0 spiro atoms.